The van der Waals surface area contributed by atoms with Crippen LogP contribution in [0.25, 0.3) is 0 Å². The summed E-state index contributed by atoms with van der Waals surface area (Å²) in [5, 5.41) is 2.80. The molecule has 0 radical (unpaired) electrons. The second kappa shape index (κ2) is 3.34. The van der Waals surface area contributed by atoms with Crippen molar-refractivity contribution in [3.63, 3.8) is 0 Å². The standard InChI is InChI=1S/C7H5F3N2/c8-4-1-6(9)5(3-12-11)7(10)2-4/h1-2,11H,3H2. The Balaban J connectivity index is 3.18. The molecule has 1 N–H and O–H groups in total. The molecule has 0 aromatic heterocycles. The second-order valence-electron chi connectivity index (χ2n) is 2.16. The van der Waals surface area contributed by atoms with Crippen LogP contribution in [0.15, 0.2) is 17.2 Å². The molecule has 12 heavy (non-hydrogen) atoms. The predicted molar refractivity (Wildman–Crippen MR) is 35.2 cm³/mol. The summed E-state index contributed by atoms with van der Waals surface area (Å²) in [5.74, 6) is -2.99. The first-order chi connectivity index (χ1) is 5.65. The van der Waals surface area contributed by atoms with Crippen molar-refractivity contribution in [1.82, 2.24) is 0 Å². The van der Waals surface area contributed by atoms with Gasteiger partial charge in [0.05, 0.1) is 6.54 Å². The normalized spacial score (nSPS) is 9.92. The van der Waals surface area contributed by atoms with E-state index in [0.717, 1.165) is 0 Å². The summed E-state index contributed by atoms with van der Waals surface area (Å²) in [4.78, 5) is 0. The molecule has 1 aromatic carbocycles. The van der Waals surface area contributed by atoms with Crippen molar-refractivity contribution in [2.75, 3.05) is 0 Å². The van der Waals surface area contributed by atoms with Gasteiger partial charge in [-0.3, -0.25) is 0 Å². The van der Waals surface area contributed by atoms with Gasteiger partial charge in [0.15, 0.2) is 0 Å². The average molecular weight is 174 g/mol. The molecule has 0 aliphatic carbocycles. The van der Waals surface area contributed by atoms with Crippen LogP contribution in [-0.4, -0.2) is 0 Å². The predicted octanol–water partition coefficient (Wildman–Crippen LogP) is 2.63. The molecule has 1 rings (SSSR count). The van der Waals surface area contributed by atoms with Gasteiger partial charge in [-0.1, -0.05) is 0 Å². The van der Waals surface area contributed by atoms with E-state index in [4.69, 9.17) is 5.53 Å². The largest absolute Gasteiger partial charge is 0.210 e. The molecule has 2 nitrogen and oxygen atoms in total. The lowest BCUT2D eigenvalue weighted by atomic mass is 10.2. The monoisotopic (exact) mass is 174 g/mol. The maximum Gasteiger partial charge on any atom is 0.134 e. The molecular weight excluding hydrogens is 169 g/mol. The van der Waals surface area contributed by atoms with E-state index in [0.29, 0.717) is 12.1 Å². The minimum Gasteiger partial charge on any atom is -0.210 e. The van der Waals surface area contributed by atoms with E-state index in [2.05, 4.69) is 5.11 Å². The Morgan fingerprint density at radius 3 is 2.08 bits per heavy atom. The SMILES string of the molecule is N=NCc1c(F)cc(F)cc1F. The van der Waals surface area contributed by atoms with Crippen LogP contribution >= 0.6 is 0 Å². The van der Waals surface area contributed by atoms with Crippen molar-refractivity contribution in [2.45, 2.75) is 6.54 Å². The van der Waals surface area contributed by atoms with Crippen molar-refractivity contribution >= 4 is 0 Å². The van der Waals surface area contributed by atoms with Crippen LogP contribution in [0.1, 0.15) is 5.56 Å². The Labute approximate surface area is 66.5 Å². The van der Waals surface area contributed by atoms with Crippen LogP contribution in [0.4, 0.5) is 13.2 Å². The van der Waals surface area contributed by atoms with Gasteiger partial charge in [-0.15, -0.1) is 0 Å². The van der Waals surface area contributed by atoms with Crippen molar-refractivity contribution in [1.29, 1.82) is 5.53 Å². The molecule has 0 aliphatic heterocycles. The molecule has 0 spiro atoms. The minimum atomic E-state index is -1.01. The smallest absolute Gasteiger partial charge is 0.134 e. The van der Waals surface area contributed by atoms with Gasteiger partial charge in [0, 0.05) is 17.7 Å². The van der Waals surface area contributed by atoms with Gasteiger partial charge in [-0.25, -0.2) is 18.7 Å². The third kappa shape index (κ3) is 1.61. The fourth-order valence-electron chi connectivity index (χ4n) is 0.802. The van der Waals surface area contributed by atoms with Crippen molar-refractivity contribution < 1.29 is 13.2 Å². The highest BCUT2D eigenvalue weighted by atomic mass is 19.1. The highest BCUT2D eigenvalue weighted by Crippen LogP contribution is 2.15. The fourth-order valence-corrected chi connectivity index (χ4v) is 0.802. The van der Waals surface area contributed by atoms with E-state index >= 15 is 0 Å². The maximum atomic E-state index is 12.7. The second-order valence-corrected chi connectivity index (χ2v) is 2.16. The van der Waals surface area contributed by atoms with E-state index in [-0.39, 0.29) is 5.56 Å². The first-order valence-electron chi connectivity index (χ1n) is 3.12. The zero-order valence-electron chi connectivity index (χ0n) is 5.94. The Morgan fingerprint density at radius 1 is 1.17 bits per heavy atom. The topological polar surface area (TPSA) is 36.2 Å². The van der Waals surface area contributed by atoms with Crippen molar-refractivity contribution in [3.8, 4) is 0 Å². The average Bonchev–Trinajstić information content (AvgIpc) is 1.96. The van der Waals surface area contributed by atoms with E-state index in [1.807, 2.05) is 0 Å². The molecule has 0 amide bonds. The van der Waals surface area contributed by atoms with Crippen LogP contribution in [0.3, 0.4) is 0 Å². The van der Waals surface area contributed by atoms with Gasteiger partial charge in [0.25, 0.3) is 0 Å². The van der Waals surface area contributed by atoms with Gasteiger partial charge in [0.2, 0.25) is 0 Å². The zero-order valence-corrected chi connectivity index (χ0v) is 5.94. The third-order valence-electron chi connectivity index (χ3n) is 1.34. The van der Waals surface area contributed by atoms with E-state index in [1.54, 1.807) is 0 Å². The molecule has 1 aromatic rings. The summed E-state index contributed by atoms with van der Waals surface area (Å²) >= 11 is 0. The van der Waals surface area contributed by atoms with Crippen LogP contribution in [0, 0.1) is 23.0 Å². The van der Waals surface area contributed by atoms with E-state index in [9.17, 15) is 13.2 Å². The fraction of sp³-hybridized carbons (Fsp3) is 0.143. The van der Waals surface area contributed by atoms with Gasteiger partial charge in [-0.05, 0) is 0 Å². The molecule has 0 unspecified atom stereocenters. The lowest BCUT2D eigenvalue weighted by Gasteiger charge is -1.99. The van der Waals surface area contributed by atoms with Crippen LogP contribution in [-0.2, 0) is 6.54 Å². The molecule has 5 heteroatoms. The molecule has 0 aliphatic rings. The molecule has 0 heterocycles. The first-order valence-corrected chi connectivity index (χ1v) is 3.12. The third-order valence-corrected chi connectivity index (χ3v) is 1.34. The number of benzene rings is 1. The van der Waals surface area contributed by atoms with Gasteiger partial charge in [0.1, 0.15) is 17.5 Å². The lowest BCUT2D eigenvalue weighted by molar-refractivity contribution is 0.522. The molecular formula is C7H5F3N2. The lowest BCUT2D eigenvalue weighted by Crippen LogP contribution is -1.95. The maximum absolute atomic E-state index is 12.7. The summed E-state index contributed by atoms with van der Waals surface area (Å²) < 4.78 is 37.6. The Hall–Kier alpha value is -1.39. The Bertz CT molecular complexity index is 289. The van der Waals surface area contributed by atoms with Crippen LogP contribution in [0.2, 0.25) is 0 Å². The number of rotatable bonds is 2. The number of nitrogens with zero attached hydrogens (tertiary/aromatic N) is 1. The number of halogens is 3. The summed E-state index contributed by atoms with van der Waals surface area (Å²) in [6.45, 7) is -0.405. The van der Waals surface area contributed by atoms with Gasteiger partial charge >= 0.3 is 0 Å². The van der Waals surface area contributed by atoms with E-state index in [1.165, 1.54) is 0 Å². The summed E-state index contributed by atoms with van der Waals surface area (Å²) in [5.41, 5.74) is 6.00. The minimum absolute atomic E-state index is 0.383. The molecule has 0 atom stereocenters. The molecule has 0 saturated carbocycles. The molecule has 0 saturated heterocycles. The zero-order chi connectivity index (χ0) is 9.14. The quantitative estimate of drug-likeness (QED) is 0.669. The number of hydrogen-bond donors (Lipinski definition) is 1. The van der Waals surface area contributed by atoms with Crippen molar-refractivity contribution in [2.24, 2.45) is 5.11 Å². The summed E-state index contributed by atoms with van der Waals surface area (Å²) in [7, 11) is 0. The van der Waals surface area contributed by atoms with Gasteiger partial charge < -0.3 is 0 Å². The van der Waals surface area contributed by atoms with E-state index < -0.39 is 24.0 Å². The number of hydrogen-bond acceptors (Lipinski definition) is 2. The summed E-state index contributed by atoms with van der Waals surface area (Å²) in [6, 6.07) is 1.12. The summed E-state index contributed by atoms with van der Waals surface area (Å²) in [6.07, 6.45) is 0. The van der Waals surface area contributed by atoms with Gasteiger partial charge in [-0.2, -0.15) is 5.11 Å². The molecule has 64 valence electrons. The van der Waals surface area contributed by atoms with Crippen molar-refractivity contribution in [3.05, 3.63) is 35.1 Å². The highest BCUT2D eigenvalue weighted by Gasteiger charge is 2.10. The Kier molecular flexibility index (Phi) is 2.42. The number of nitrogens with one attached hydrogen (secondary N) is 1. The van der Waals surface area contributed by atoms with Crippen LogP contribution in [0.5, 0.6) is 0 Å². The molecule has 0 fully saturated rings. The van der Waals surface area contributed by atoms with Crippen LogP contribution < -0.4 is 0 Å². The Morgan fingerprint density at radius 2 is 1.67 bits per heavy atom. The highest BCUT2D eigenvalue weighted by molar-refractivity contribution is 5.20. The first kappa shape index (κ1) is 8.70. The molecule has 0 bridgehead atoms.